The minimum absolute atomic E-state index is 0.280. The number of fused-ring (bicyclic) bond motifs is 1. The zero-order valence-corrected chi connectivity index (χ0v) is 11.9. The van der Waals surface area contributed by atoms with Crippen molar-refractivity contribution in [3.63, 3.8) is 0 Å². The van der Waals surface area contributed by atoms with Crippen molar-refractivity contribution in [2.75, 3.05) is 6.61 Å². The van der Waals surface area contributed by atoms with Gasteiger partial charge in [0, 0.05) is 0 Å². The van der Waals surface area contributed by atoms with E-state index in [2.05, 4.69) is 6.07 Å². The molecule has 2 aromatic rings. The van der Waals surface area contributed by atoms with Crippen LogP contribution in [0.3, 0.4) is 0 Å². The van der Waals surface area contributed by atoms with Crippen LogP contribution < -0.4 is 4.74 Å². The molecule has 1 heterocycles. The molecule has 1 N–H and O–H groups in total. The van der Waals surface area contributed by atoms with Crippen molar-refractivity contribution in [1.82, 2.24) is 0 Å². The molecule has 1 aliphatic heterocycles. The van der Waals surface area contributed by atoms with Crippen molar-refractivity contribution in [2.24, 2.45) is 0 Å². The highest BCUT2D eigenvalue weighted by Crippen LogP contribution is 2.27. The van der Waals surface area contributed by atoms with Gasteiger partial charge < -0.3 is 9.84 Å². The molecule has 108 valence electrons. The molecular weight excluding hydrogens is 267 g/mol. The first-order valence-electron chi connectivity index (χ1n) is 7.06. The van der Waals surface area contributed by atoms with Gasteiger partial charge in [0.1, 0.15) is 5.75 Å². The van der Waals surface area contributed by atoms with Crippen molar-refractivity contribution < 1.29 is 14.2 Å². The second-order valence-corrected chi connectivity index (χ2v) is 5.32. The number of hydrogen-bond donors (Lipinski definition) is 1. The number of benzene rings is 2. The maximum Gasteiger partial charge on any atom is 0.165 e. The van der Waals surface area contributed by atoms with Gasteiger partial charge in [0.25, 0.3) is 0 Å². The molecular formula is C18H17FO2. The number of ether oxygens (including phenoxy) is 1. The van der Waals surface area contributed by atoms with E-state index in [1.54, 1.807) is 13.0 Å². The fourth-order valence-corrected chi connectivity index (χ4v) is 2.54. The van der Waals surface area contributed by atoms with Crippen LogP contribution in [0.1, 0.15) is 28.7 Å². The molecule has 0 unspecified atom stereocenters. The van der Waals surface area contributed by atoms with Crippen LogP contribution in [0, 0.1) is 12.7 Å². The molecule has 3 heteroatoms. The fraction of sp³-hybridized carbons (Fsp3) is 0.222. The van der Waals surface area contributed by atoms with Crippen LogP contribution in [0.2, 0.25) is 0 Å². The van der Waals surface area contributed by atoms with Gasteiger partial charge in [0.15, 0.2) is 11.6 Å². The Balaban J connectivity index is 1.86. The third-order valence-electron chi connectivity index (χ3n) is 3.68. The van der Waals surface area contributed by atoms with Crippen LogP contribution in [-0.2, 0) is 6.42 Å². The van der Waals surface area contributed by atoms with E-state index in [1.807, 2.05) is 24.3 Å². The van der Waals surface area contributed by atoms with Crippen molar-refractivity contribution in [3.8, 4) is 11.5 Å². The maximum atomic E-state index is 13.5. The largest absolute Gasteiger partial charge is 0.505 e. The standard InChI is InChI=1S/C18H17FO2/c1-12-9-14(11-16(19)18(12)20)5-4-13-6-7-17-15(10-13)3-2-8-21-17/h4-7,9-11,20H,2-3,8H2,1H3/b5-4+. The molecule has 3 rings (SSSR count). The minimum atomic E-state index is -0.589. The van der Waals surface area contributed by atoms with Crippen molar-refractivity contribution in [2.45, 2.75) is 19.8 Å². The van der Waals surface area contributed by atoms with E-state index in [-0.39, 0.29) is 5.75 Å². The molecule has 0 bridgehead atoms. The van der Waals surface area contributed by atoms with E-state index in [0.717, 1.165) is 36.3 Å². The summed E-state index contributed by atoms with van der Waals surface area (Å²) in [7, 11) is 0. The summed E-state index contributed by atoms with van der Waals surface area (Å²) in [6.45, 7) is 2.47. The van der Waals surface area contributed by atoms with Crippen LogP contribution >= 0.6 is 0 Å². The summed E-state index contributed by atoms with van der Waals surface area (Å²) in [5.41, 5.74) is 3.55. The van der Waals surface area contributed by atoms with Crippen LogP contribution in [-0.4, -0.2) is 11.7 Å². The van der Waals surface area contributed by atoms with Gasteiger partial charge >= 0.3 is 0 Å². The first kappa shape index (κ1) is 13.7. The summed E-state index contributed by atoms with van der Waals surface area (Å²) >= 11 is 0. The number of halogens is 1. The van der Waals surface area contributed by atoms with Gasteiger partial charge in [-0.1, -0.05) is 18.2 Å². The summed E-state index contributed by atoms with van der Waals surface area (Å²) in [5, 5.41) is 9.44. The first-order valence-corrected chi connectivity index (χ1v) is 7.06. The number of aromatic hydroxyl groups is 1. The molecule has 0 amide bonds. The first-order chi connectivity index (χ1) is 10.1. The molecule has 2 nitrogen and oxygen atoms in total. The molecule has 0 saturated heterocycles. The summed E-state index contributed by atoms with van der Waals surface area (Å²) in [4.78, 5) is 0. The zero-order chi connectivity index (χ0) is 14.8. The van der Waals surface area contributed by atoms with Gasteiger partial charge in [-0.05, 0) is 66.3 Å². The van der Waals surface area contributed by atoms with E-state index in [4.69, 9.17) is 4.74 Å². The van der Waals surface area contributed by atoms with E-state index in [9.17, 15) is 9.50 Å². The van der Waals surface area contributed by atoms with E-state index in [0.29, 0.717) is 5.56 Å². The molecule has 0 saturated carbocycles. The lowest BCUT2D eigenvalue weighted by molar-refractivity contribution is 0.288. The average molecular weight is 284 g/mol. The Bertz CT molecular complexity index is 681. The molecule has 1 aliphatic rings. The number of phenols is 1. The van der Waals surface area contributed by atoms with Crippen LogP contribution in [0.4, 0.5) is 4.39 Å². The zero-order valence-electron chi connectivity index (χ0n) is 11.9. The van der Waals surface area contributed by atoms with Crippen molar-refractivity contribution >= 4 is 12.2 Å². The predicted octanol–water partition coefficient (Wildman–Crippen LogP) is 4.34. The van der Waals surface area contributed by atoms with Gasteiger partial charge in [-0.15, -0.1) is 0 Å². The Kier molecular flexibility index (Phi) is 3.65. The lowest BCUT2D eigenvalue weighted by Crippen LogP contribution is -2.07. The second-order valence-electron chi connectivity index (χ2n) is 5.32. The van der Waals surface area contributed by atoms with Crippen molar-refractivity contribution in [3.05, 3.63) is 58.4 Å². The summed E-state index contributed by atoms with van der Waals surface area (Å²) in [6, 6.07) is 9.17. The minimum Gasteiger partial charge on any atom is -0.505 e. The number of aryl methyl sites for hydroxylation is 2. The summed E-state index contributed by atoms with van der Waals surface area (Å²) < 4.78 is 19.1. The average Bonchev–Trinajstić information content (AvgIpc) is 2.50. The molecule has 0 radical (unpaired) electrons. The molecule has 21 heavy (non-hydrogen) atoms. The fourth-order valence-electron chi connectivity index (χ4n) is 2.54. The van der Waals surface area contributed by atoms with Gasteiger partial charge in [-0.25, -0.2) is 4.39 Å². The third-order valence-corrected chi connectivity index (χ3v) is 3.68. The highest BCUT2D eigenvalue weighted by molar-refractivity contribution is 5.71. The molecule has 0 fully saturated rings. The smallest absolute Gasteiger partial charge is 0.165 e. The van der Waals surface area contributed by atoms with E-state index in [1.165, 1.54) is 11.6 Å². The Morgan fingerprint density at radius 3 is 2.76 bits per heavy atom. The molecule has 0 aliphatic carbocycles. The van der Waals surface area contributed by atoms with E-state index < -0.39 is 5.82 Å². The Hall–Kier alpha value is -2.29. The highest BCUT2D eigenvalue weighted by Gasteiger charge is 2.09. The number of phenolic OH excluding ortho intramolecular Hbond substituents is 1. The lowest BCUT2D eigenvalue weighted by atomic mass is 10.0. The highest BCUT2D eigenvalue weighted by atomic mass is 19.1. The molecule has 0 atom stereocenters. The van der Waals surface area contributed by atoms with Gasteiger partial charge in [0.05, 0.1) is 6.61 Å². The van der Waals surface area contributed by atoms with Crippen LogP contribution in [0.15, 0.2) is 30.3 Å². The Morgan fingerprint density at radius 1 is 1.14 bits per heavy atom. The van der Waals surface area contributed by atoms with Gasteiger partial charge in [-0.3, -0.25) is 0 Å². The van der Waals surface area contributed by atoms with Gasteiger partial charge in [-0.2, -0.15) is 0 Å². The SMILES string of the molecule is Cc1cc(/C=C/c2ccc3c(c2)CCCO3)cc(F)c1O. The second kappa shape index (κ2) is 5.60. The Labute approximate surface area is 123 Å². The summed E-state index contributed by atoms with van der Waals surface area (Å²) in [5.74, 6) is 0.0940. The number of rotatable bonds is 2. The van der Waals surface area contributed by atoms with Crippen LogP contribution in [0.5, 0.6) is 11.5 Å². The molecule has 0 spiro atoms. The topological polar surface area (TPSA) is 29.5 Å². The maximum absolute atomic E-state index is 13.5. The number of hydrogen-bond acceptors (Lipinski definition) is 2. The van der Waals surface area contributed by atoms with Gasteiger partial charge in [0.2, 0.25) is 0 Å². The predicted molar refractivity (Wildman–Crippen MR) is 82.0 cm³/mol. The third kappa shape index (κ3) is 2.92. The molecule has 0 aromatic heterocycles. The van der Waals surface area contributed by atoms with E-state index >= 15 is 0 Å². The van der Waals surface area contributed by atoms with Crippen LogP contribution in [0.25, 0.3) is 12.2 Å². The lowest BCUT2D eigenvalue weighted by Gasteiger charge is -2.17. The Morgan fingerprint density at radius 2 is 1.95 bits per heavy atom. The quantitative estimate of drug-likeness (QED) is 0.831. The summed E-state index contributed by atoms with van der Waals surface area (Å²) in [6.07, 6.45) is 5.87. The monoisotopic (exact) mass is 284 g/mol. The normalized spacial score (nSPS) is 14.0. The van der Waals surface area contributed by atoms with Crippen molar-refractivity contribution in [1.29, 1.82) is 0 Å². The molecule has 2 aromatic carbocycles.